The van der Waals surface area contributed by atoms with Gasteiger partial charge in [-0.3, -0.25) is 9.59 Å². The molecule has 8 nitrogen and oxygen atoms in total. The van der Waals surface area contributed by atoms with Crippen molar-refractivity contribution in [3.8, 4) is 0 Å². The topological polar surface area (TPSA) is 139 Å². The highest BCUT2D eigenvalue weighted by atomic mass is 16.2. The molecule has 26 heavy (non-hydrogen) atoms. The Morgan fingerprint density at radius 2 is 1.96 bits per heavy atom. The quantitative estimate of drug-likeness (QED) is 0.328. The summed E-state index contributed by atoms with van der Waals surface area (Å²) in [6.07, 6.45) is 5.24. The minimum absolute atomic E-state index is 0.00641. The van der Waals surface area contributed by atoms with Gasteiger partial charge in [0.1, 0.15) is 6.29 Å². The van der Waals surface area contributed by atoms with E-state index in [1.165, 1.54) is 0 Å². The van der Waals surface area contributed by atoms with Crippen molar-refractivity contribution in [2.45, 2.75) is 38.6 Å². The van der Waals surface area contributed by atoms with Crippen molar-refractivity contribution in [3.63, 3.8) is 0 Å². The number of nitrogens with two attached hydrogens (primary N) is 2. The summed E-state index contributed by atoms with van der Waals surface area (Å²) in [5.74, 6) is 0.00641. The van der Waals surface area contributed by atoms with Crippen LogP contribution in [0.2, 0.25) is 0 Å². The summed E-state index contributed by atoms with van der Waals surface area (Å²) in [4.78, 5) is 30.1. The van der Waals surface area contributed by atoms with Crippen molar-refractivity contribution in [3.05, 3.63) is 23.8 Å². The lowest BCUT2D eigenvalue weighted by atomic mass is 10.0. The van der Waals surface area contributed by atoms with Gasteiger partial charge in [0.05, 0.1) is 17.3 Å². The summed E-state index contributed by atoms with van der Waals surface area (Å²) in [6.45, 7) is 3.58. The monoisotopic (exact) mass is 365 g/mol. The maximum Gasteiger partial charge on any atom is 0.259 e. The van der Waals surface area contributed by atoms with Crippen molar-refractivity contribution in [1.82, 2.24) is 5.32 Å². The number of fused-ring (bicyclic) bond motifs is 1. The van der Waals surface area contributed by atoms with E-state index in [0.717, 1.165) is 62.0 Å². The average Bonchev–Trinajstić information content (AvgIpc) is 2.65. The molecular weight excluding hydrogens is 334 g/mol. The van der Waals surface area contributed by atoms with Gasteiger partial charge in [-0.1, -0.05) is 19.4 Å². The molecule has 1 unspecified atom stereocenters. The van der Waals surface area contributed by atoms with E-state index in [0.29, 0.717) is 6.41 Å². The Morgan fingerprint density at radius 3 is 2.42 bits per heavy atom. The summed E-state index contributed by atoms with van der Waals surface area (Å²) in [5, 5.41) is 8.23. The first-order valence-electron chi connectivity index (χ1n) is 8.75. The zero-order valence-electron chi connectivity index (χ0n) is 15.6. The minimum atomic E-state index is -0.231. The Morgan fingerprint density at radius 1 is 1.27 bits per heavy atom. The van der Waals surface area contributed by atoms with Gasteiger partial charge in [-0.15, -0.1) is 0 Å². The molecule has 0 saturated carbocycles. The smallest absolute Gasteiger partial charge is 0.259 e. The van der Waals surface area contributed by atoms with Crippen LogP contribution in [0.3, 0.4) is 0 Å². The maximum absolute atomic E-state index is 11.3. The Labute approximate surface area is 155 Å². The van der Waals surface area contributed by atoms with Crippen molar-refractivity contribution < 1.29 is 14.4 Å². The highest BCUT2D eigenvalue weighted by Crippen LogP contribution is 2.31. The molecule has 1 heterocycles. The van der Waals surface area contributed by atoms with Gasteiger partial charge in [0.25, 0.3) is 5.91 Å². The van der Waals surface area contributed by atoms with Gasteiger partial charge in [0.2, 0.25) is 6.41 Å². The molecule has 1 aliphatic heterocycles. The number of aldehydes is 1. The van der Waals surface area contributed by atoms with Crippen LogP contribution in [0.4, 0.5) is 11.4 Å². The fourth-order valence-corrected chi connectivity index (χ4v) is 2.06. The summed E-state index contributed by atoms with van der Waals surface area (Å²) in [7, 11) is 1.56. The molecular formula is C18H31N5O3. The van der Waals surface area contributed by atoms with Crippen LogP contribution >= 0.6 is 0 Å². The first-order valence-corrected chi connectivity index (χ1v) is 8.75. The van der Waals surface area contributed by atoms with Crippen LogP contribution in [0.15, 0.2) is 18.2 Å². The number of hydrogen-bond acceptors (Lipinski definition) is 6. The molecule has 146 valence electrons. The van der Waals surface area contributed by atoms with Gasteiger partial charge < -0.3 is 32.2 Å². The standard InChI is InChI=1S/C11H15N3O.C5H11NO.C2H5NO/c12-6-1-2-7-13-8-4-3-5-9-10(8)11(15)14-9;1-2-3-5(6)4-7;1-3-2-4/h3-5,13H,1-2,6-7,12H2,(H,14,15);4-5H,2-3,6H2,1H3;2H,1H3,(H,3,4). The molecule has 1 aromatic carbocycles. The first-order chi connectivity index (χ1) is 12.5. The third kappa shape index (κ3) is 9.14. The van der Waals surface area contributed by atoms with Gasteiger partial charge in [-0.05, 0) is 37.9 Å². The number of unbranched alkanes of at least 4 members (excludes halogenated alkanes) is 1. The van der Waals surface area contributed by atoms with Gasteiger partial charge in [0.15, 0.2) is 0 Å². The van der Waals surface area contributed by atoms with Gasteiger partial charge in [-0.2, -0.15) is 0 Å². The van der Waals surface area contributed by atoms with Gasteiger partial charge in [0, 0.05) is 19.3 Å². The predicted molar refractivity (Wildman–Crippen MR) is 105 cm³/mol. The number of anilines is 2. The lowest BCUT2D eigenvalue weighted by Crippen LogP contribution is -2.26. The van der Waals surface area contributed by atoms with E-state index in [4.69, 9.17) is 16.3 Å². The molecule has 2 amide bonds. The number of amides is 2. The van der Waals surface area contributed by atoms with Crippen LogP contribution in [-0.4, -0.2) is 44.8 Å². The van der Waals surface area contributed by atoms with E-state index in [2.05, 4.69) is 16.0 Å². The molecule has 0 radical (unpaired) electrons. The second-order valence-corrected chi connectivity index (χ2v) is 5.60. The van der Waals surface area contributed by atoms with Crippen molar-refractivity contribution in [1.29, 1.82) is 0 Å². The van der Waals surface area contributed by atoms with E-state index in [1.807, 2.05) is 25.1 Å². The molecule has 0 bridgehead atoms. The average molecular weight is 365 g/mol. The minimum Gasteiger partial charge on any atom is -0.384 e. The SMILES string of the molecule is CCCC(N)C=O.CNC=O.NCCCCNc1cccc2c1C(=O)N2. The summed E-state index contributed by atoms with van der Waals surface area (Å²) in [5.41, 5.74) is 13.2. The van der Waals surface area contributed by atoms with Crippen LogP contribution in [0.5, 0.6) is 0 Å². The number of benzene rings is 1. The van der Waals surface area contributed by atoms with Crippen molar-refractivity contribution >= 4 is 30.0 Å². The van der Waals surface area contributed by atoms with Crippen LogP contribution in [0.1, 0.15) is 43.0 Å². The van der Waals surface area contributed by atoms with E-state index in [1.54, 1.807) is 7.05 Å². The second kappa shape index (κ2) is 14.9. The number of carbonyl (C=O) groups excluding carboxylic acids is 3. The van der Waals surface area contributed by atoms with Crippen LogP contribution in [-0.2, 0) is 9.59 Å². The summed E-state index contributed by atoms with van der Waals surface area (Å²) in [6, 6.07) is 5.54. The largest absolute Gasteiger partial charge is 0.384 e. The van der Waals surface area contributed by atoms with E-state index in [9.17, 15) is 9.59 Å². The summed E-state index contributed by atoms with van der Waals surface area (Å²) >= 11 is 0. The highest BCUT2D eigenvalue weighted by Gasteiger charge is 2.25. The van der Waals surface area contributed by atoms with E-state index < -0.39 is 0 Å². The number of rotatable bonds is 9. The molecule has 1 aromatic rings. The molecule has 0 aliphatic carbocycles. The zero-order valence-corrected chi connectivity index (χ0v) is 15.6. The molecule has 1 aliphatic rings. The third-order valence-electron chi connectivity index (χ3n) is 3.40. The van der Waals surface area contributed by atoms with Crippen molar-refractivity contribution in [2.75, 3.05) is 30.8 Å². The first kappa shape index (κ1) is 23.5. The Bertz CT molecular complexity index is 552. The number of carbonyl (C=O) groups is 3. The Hall–Kier alpha value is -2.45. The third-order valence-corrected chi connectivity index (χ3v) is 3.40. The lowest BCUT2D eigenvalue weighted by molar-refractivity contribution is -0.109. The zero-order chi connectivity index (χ0) is 19.8. The molecule has 0 aromatic heterocycles. The molecule has 7 N–H and O–H groups in total. The van der Waals surface area contributed by atoms with Crippen LogP contribution in [0.25, 0.3) is 0 Å². The Balaban J connectivity index is 0.000000477. The summed E-state index contributed by atoms with van der Waals surface area (Å²) < 4.78 is 0. The van der Waals surface area contributed by atoms with E-state index in [-0.39, 0.29) is 11.9 Å². The van der Waals surface area contributed by atoms with Gasteiger partial charge >= 0.3 is 0 Å². The maximum atomic E-state index is 11.3. The van der Waals surface area contributed by atoms with Crippen LogP contribution < -0.4 is 27.4 Å². The fourth-order valence-electron chi connectivity index (χ4n) is 2.06. The predicted octanol–water partition coefficient (Wildman–Crippen LogP) is 1.08. The molecule has 0 saturated heterocycles. The normalized spacial score (nSPS) is 11.8. The molecule has 0 fully saturated rings. The second-order valence-electron chi connectivity index (χ2n) is 5.60. The molecule has 2 rings (SSSR count). The number of nitrogens with one attached hydrogen (secondary N) is 3. The molecule has 8 heteroatoms. The fraction of sp³-hybridized carbons (Fsp3) is 0.500. The molecule has 0 spiro atoms. The highest BCUT2D eigenvalue weighted by molar-refractivity contribution is 6.21. The number of hydrogen-bond donors (Lipinski definition) is 5. The lowest BCUT2D eigenvalue weighted by Gasteiger charge is -2.22. The van der Waals surface area contributed by atoms with E-state index >= 15 is 0 Å². The van der Waals surface area contributed by atoms with Crippen LogP contribution in [0, 0.1) is 0 Å². The van der Waals surface area contributed by atoms with Crippen molar-refractivity contribution in [2.24, 2.45) is 11.5 Å². The Kier molecular flexibility index (Phi) is 13.5. The van der Waals surface area contributed by atoms with Gasteiger partial charge in [-0.25, -0.2) is 0 Å². The molecule has 1 atom stereocenters.